The van der Waals surface area contributed by atoms with Crippen LogP contribution in [0.2, 0.25) is 5.02 Å². The van der Waals surface area contributed by atoms with Gasteiger partial charge in [0.25, 0.3) is 0 Å². The van der Waals surface area contributed by atoms with E-state index in [1.165, 1.54) is 0 Å². The van der Waals surface area contributed by atoms with Gasteiger partial charge in [0, 0.05) is 23.5 Å². The largest absolute Gasteiger partial charge is 0.350 e. The molecule has 2 amide bonds. The van der Waals surface area contributed by atoms with Gasteiger partial charge in [-0.2, -0.15) is 0 Å². The molecule has 0 aliphatic rings. The fourth-order valence-corrected chi connectivity index (χ4v) is 3.58. The quantitative estimate of drug-likeness (QED) is 0.619. The van der Waals surface area contributed by atoms with E-state index < -0.39 is 6.04 Å². The summed E-state index contributed by atoms with van der Waals surface area (Å²) in [6.45, 7) is 10.2. The van der Waals surface area contributed by atoms with Crippen molar-refractivity contribution in [3.63, 3.8) is 0 Å². The number of amides is 2. The third-order valence-corrected chi connectivity index (χ3v) is 5.29. The highest BCUT2D eigenvalue weighted by atomic mass is 35.5. The van der Waals surface area contributed by atoms with Crippen molar-refractivity contribution in [3.8, 4) is 0 Å². The summed E-state index contributed by atoms with van der Waals surface area (Å²) in [4.78, 5) is 28.0. The lowest BCUT2D eigenvalue weighted by molar-refractivity contribution is -0.142. The van der Waals surface area contributed by atoms with Crippen LogP contribution in [0.3, 0.4) is 0 Å². The van der Waals surface area contributed by atoms with Gasteiger partial charge >= 0.3 is 0 Å². The lowest BCUT2D eigenvalue weighted by atomic mass is 10.0. The molecule has 2 aromatic carbocycles. The molecule has 0 saturated carbocycles. The number of aryl methyl sites for hydroxylation is 2. The summed E-state index contributed by atoms with van der Waals surface area (Å²) in [5, 5.41) is 3.69. The molecule has 0 heterocycles. The van der Waals surface area contributed by atoms with Gasteiger partial charge in [-0.1, -0.05) is 66.6 Å². The molecule has 1 atom stereocenters. The summed E-state index contributed by atoms with van der Waals surface area (Å²) >= 11 is 6.26. The molecule has 2 aromatic rings. The Morgan fingerprint density at radius 1 is 1.07 bits per heavy atom. The number of carbonyl (C=O) groups is 2. The first-order chi connectivity index (χ1) is 14.1. The van der Waals surface area contributed by atoms with Crippen molar-refractivity contribution >= 4 is 23.4 Å². The fourth-order valence-electron chi connectivity index (χ4n) is 3.35. The summed E-state index contributed by atoms with van der Waals surface area (Å²) in [5.41, 5.74) is 2.75. The maximum absolute atomic E-state index is 13.3. The highest BCUT2D eigenvalue weighted by molar-refractivity contribution is 6.31. The maximum atomic E-state index is 13.3. The minimum atomic E-state index is -0.524. The molecule has 0 aliphatic heterocycles. The number of benzene rings is 2. The molecule has 5 heteroatoms. The molecule has 162 valence electrons. The molecule has 2 rings (SSSR count). The van der Waals surface area contributed by atoms with Gasteiger partial charge in [-0.25, -0.2) is 0 Å². The molecule has 0 saturated heterocycles. The van der Waals surface area contributed by atoms with E-state index in [0.29, 0.717) is 30.8 Å². The van der Waals surface area contributed by atoms with Crippen molar-refractivity contribution < 1.29 is 9.59 Å². The van der Waals surface area contributed by atoms with Crippen LogP contribution in [0.4, 0.5) is 0 Å². The summed E-state index contributed by atoms with van der Waals surface area (Å²) in [6, 6.07) is 15.1. The van der Waals surface area contributed by atoms with Gasteiger partial charge in [0.15, 0.2) is 0 Å². The molecular weight excluding hydrogens is 396 g/mol. The van der Waals surface area contributed by atoms with Crippen LogP contribution >= 0.6 is 11.6 Å². The van der Waals surface area contributed by atoms with Gasteiger partial charge in [-0.3, -0.25) is 9.59 Å². The number of nitrogens with one attached hydrogen (secondary N) is 1. The molecule has 0 bridgehead atoms. The molecule has 0 aliphatic carbocycles. The molecule has 0 fully saturated rings. The Hall–Kier alpha value is -2.33. The molecular formula is C25H33ClN2O2. The van der Waals surface area contributed by atoms with Crippen LogP contribution in [0.25, 0.3) is 0 Å². The first-order valence-electron chi connectivity index (χ1n) is 10.5. The highest BCUT2D eigenvalue weighted by Gasteiger charge is 2.30. The average molecular weight is 429 g/mol. The van der Waals surface area contributed by atoms with E-state index in [4.69, 9.17) is 11.6 Å². The van der Waals surface area contributed by atoms with E-state index in [-0.39, 0.29) is 17.4 Å². The lowest BCUT2D eigenvalue weighted by Crippen LogP contribution is -2.53. The van der Waals surface area contributed by atoms with Crippen LogP contribution in [0.1, 0.15) is 57.2 Å². The van der Waals surface area contributed by atoms with Gasteiger partial charge in [0.1, 0.15) is 6.04 Å². The van der Waals surface area contributed by atoms with E-state index in [0.717, 1.165) is 16.7 Å². The molecule has 1 unspecified atom stereocenters. The van der Waals surface area contributed by atoms with Crippen LogP contribution in [-0.4, -0.2) is 28.3 Å². The van der Waals surface area contributed by atoms with Gasteiger partial charge in [0.05, 0.1) is 0 Å². The van der Waals surface area contributed by atoms with Crippen molar-refractivity contribution in [2.75, 3.05) is 0 Å². The van der Waals surface area contributed by atoms with Gasteiger partial charge in [-0.05, 0) is 57.7 Å². The number of carbonyl (C=O) groups excluding carboxylic acids is 2. The molecule has 4 nitrogen and oxygen atoms in total. The third-order valence-electron chi connectivity index (χ3n) is 4.92. The number of nitrogens with zero attached hydrogens (tertiary/aromatic N) is 1. The van der Waals surface area contributed by atoms with Crippen LogP contribution in [0.15, 0.2) is 48.5 Å². The first kappa shape index (κ1) is 23.9. The zero-order valence-electron chi connectivity index (χ0n) is 18.7. The maximum Gasteiger partial charge on any atom is 0.243 e. The normalized spacial score (nSPS) is 12.3. The van der Waals surface area contributed by atoms with Gasteiger partial charge in [0.2, 0.25) is 11.8 Å². The number of hydrogen-bond acceptors (Lipinski definition) is 2. The van der Waals surface area contributed by atoms with Gasteiger partial charge < -0.3 is 10.2 Å². The smallest absolute Gasteiger partial charge is 0.243 e. The minimum absolute atomic E-state index is 0.0496. The second kappa shape index (κ2) is 10.6. The molecule has 0 aromatic heterocycles. The predicted octanol–water partition coefficient (Wildman–Crippen LogP) is 5.30. The van der Waals surface area contributed by atoms with Crippen molar-refractivity contribution in [1.82, 2.24) is 10.2 Å². The van der Waals surface area contributed by atoms with E-state index >= 15 is 0 Å². The fraction of sp³-hybridized carbons (Fsp3) is 0.440. The monoisotopic (exact) mass is 428 g/mol. The first-order valence-corrected chi connectivity index (χ1v) is 10.9. The number of rotatable bonds is 8. The number of halogens is 1. The predicted molar refractivity (Wildman–Crippen MR) is 123 cm³/mol. The zero-order valence-corrected chi connectivity index (χ0v) is 19.4. The SMILES string of the molecule is CCC(C(=O)NC(C)(C)C)N(Cc1ccc(C)cc1)C(=O)CCc1ccccc1Cl. The Kier molecular flexibility index (Phi) is 8.48. The van der Waals surface area contributed by atoms with E-state index in [9.17, 15) is 9.59 Å². The molecule has 1 N–H and O–H groups in total. The Labute approximate surface area is 185 Å². The van der Waals surface area contributed by atoms with Crippen LogP contribution in [0, 0.1) is 6.92 Å². The lowest BCUT2D eigenvalue weighted by Gasteiger charge is -2.33. The molecule has 0 radical (unpaired) electrons. The Balaban J connectivity index is 2.24. The summed E-state index contributed by atoms with van der Waals surface area (Å²) in [6.07, 6.45) is 1.39. The van der Waals surface area contributed by atoms with Crippen molar-refractivity contribution in [2.24, 2.45) is 0 Å². The standard InChI is InChI=1S/C25H33ClN2O2/c1-6-22(24(30)27-25(3,4)5)28(17-19-13-11-18(2)12-14-19)23(29)16-15-20-9-7-8-10-21(20)26/h7-14,22H,6,15-17H2,1-5H3,(H,27,30). The van der Waals surface area contributed by atoms with Crippen molar-refractivity contribution in [1.29, 1.82) is 0 Å². The Morgan fingerprint density at radius 3 is 2.27 bits per heavy atom. The summed E-state index contributed by atoms with van der Waals surface area (Å²) < 4.78 is 0. The summed E-state index contributed by atoms with van der Waals surface area (Å²) in [7, 11) is 0. The topological polar surface area (TPSA) is 49.4 Å². The summed E-state index contributed by atoms with van der Waals surface area (Å²) in [5.74, 6) is -0.172. The molecule has 0 spiro atoms. The van der Waals surface area contributed by atoms with Gasteiger partial charge in [-0.15, -0.1) is 0 Å². The third kappa shape index (κ3) is 7.17. The minimum Gasteiger partial charge on any atom is -0.350 e. The second-order valence-corrected chi connectivity index (χ2v) is 9.17. The average Bonchev–Trinajstić information content (AvgIpc) is 2.67. The van der Waals surface area contributed by atoms with E-state index in [1.54, 1.807) is 4.90 Å². The molecule has 30 heavy (non-hydrogen) atoms. The van der Waals surface area contributed by atoms with E-state index in [1.807, 2.05) is 83.1 Å². The second-order valence-electron chi connectivity index (χ2n) is 8.76. The van der Waals surface area contributed by atoms with Crippen LogP contribution in [-0.2, 0) is 22.6 Å². The number of hydrogen-bond donors (Lipinski definition) is 1. The van der Waals surface area contributed by atoms with Crippen LogP contribution in [0.5, 0.6) is 0 Å². The van der Waals surface area contributed by atoms with Crippen molar-refractivity contribution in [3.05, 3.63) is 70.2 Å². The van der Waals surface area contributed by atoms with Crippen molar-refractivity contribution in [2.45, 2.75) is 72.0 Å². The highest BCUT2D eigenvalue weighted by Crippen LogP contribution is 2.20. The van der Waals surface area contributed by atoms with Crippen LogP contribution < -0.4 is 5.32 Å². The zero-order chi connectivity index (χ0) is 22.3. The Bertz CT molecular complexity index is 856. The van der Waals surface area contributed by atoms with E-state index in [2.05, 4.69) is 5.32 Å². The Morgan fingerprint density at radius 2 is 1.70 bits per heavy atom.